The molecule has 158 valence electrons. The number of carboxylic acid groups (broad SMARTS) is 1. The summed E-state index contributed by atoms with van der Waals surface area (Å²) in [5, 5.41) is 8.75. The van der Waals surface area contributed by atoms with E-state index in [0.717, 1.165) is 0 Å². The van der Waals surface area contributed by atoms with Gasteiger partial charge in [0.15, 0.2) is 0 Å². The van der Waals surface area contributed by atoms with E-state index in [4.69, 9.17) is 19.3 Å². The Morgan fingerprint density at radius 2 is 1.68 bits per heavy atom. The molecular weight excluding hydrogens is 381 g/mol. The Kier molecular flexibility index (Phi) is 6.30. The maximum absolute atomic E-state index is 13.3. The number of aliphatic carboxylic acids is 1. The molecule has 0 saturated carbocycles. The highest BCUT2D eigenvalue weighted by Crippen LogP contribution is 2.44. The lowest BCUT2D eigenvalue weighted by Gasteiger charge is -2.30. The normalized spacial score (nSPS) is 22.1. The van der Waals surface area contributed by atoms with Gasteiger partial charge >= 0.3 is 18.1 Å². The quantitative estimate of drug-likeness (QED) is 0.466. The second kappa shape index (κ2) is 7.87. The molecule has 2 heterocycles. The number of carbonyl (C=O) groups excluding carboxylic acids is 1. The van der Waals surface area contributed by atoms with Gasteiger partial charge in [0.2, 0.25) is 0 Å². The summed E-state index contributed by atoms with van der Waals surface area (Å²) >= 11 is 0. The summed E-state index contributed by atoms with van der Waals surface area (Å²) in [7, 11) is 0. The van der Waals surface area contributed by atoms with E-state index in [1.165, 1.54) is 12.2 Å². The Labute approximate surface area is 161 Å². The van der Waals surface area contributed by atoms with Crippen LogP contribution in [0.3, 0.4) is 0 Å². The minimum Gasteiger partial charge on any atom is -0.481 e. The fourth-order valence-corrected chi connectivity index (χ4v) is 3.04. The van der Waals surface area contributed by atoms with Gasteiger partial charge in [-0.15, -0.1) is 0 Å². The second-order valence-electron chi connectivity index (χ2n) is 8.09. The van der Waals surface area contributed by atoms with Crippen molar-refractivity contribution in [1.29, 1.82) is 0 Å². The molecule has 0 radical (unpaired) electrons. The molecule has 28 heavy (non-hydrogen) atoms. The van der Waals surface area contributed by atoms with Crippen LogP contribution in [0.1, 0.15) is 47.0 Å². The molecule has 2 aliphatic heterocycles. The van der Waals surface area contributed by atoms with Crippen molar-refractivity contribution in [2.45, 2.75) is 76.5 Å². The predicted octanol–water partition coefficient (Wildman–Crippen LogP) is 3.55. The van der Waals surface area contributed by atoms with Gasteiger partial charge in [0.25, 0.3) is 0 Å². The summed E-state index contributed by atoms with van der Waals surface area (Å²) in [6.07, 6.45) is -3.81. The van der Waals surface area contributed by atoms with Crippen LogP contribution in [0.4, 0.5) is 13.2 Å². The molecule has 0 aliphatic carbocycles. The molecule has 0 aromatic carbocycles. The average molecular weight is 406 g/mol. The molecule has 0 saturated heterocycles. The van der Waals surface area contributed by atoms with Crippen LogP contribution in [0.15, 0.2) is 23.3 Å². The standard InChI is InChI=1S/C19H25F3O6/c1-17(2,8-7-13(23)24)26-10-9-18(3,4)28-16(25)14-11-5-6-12(27-11)15(14)19(20,21)22/h5-6,11-12H,7-10H2,1-4H3,(H,23,24). The number of carboxylic acids is 1. The highest BCUT2D eigenvalue weighted by atomic mass is 19.4. The minimum atomic E-state index is -4.68. The van der Waals surface area contributed by atoms with Crippen LogP contribution in [0.25, 0.3) is 0 Å². The van der Waals surface area contributed by atoms with Gasteiger partial charge in [-0.25, -0.2) is 4.79 Å². The smallest absolute Gasteiger partial charge is 0.416 e. The molecule has 1 N–H and O–H groups in total. The lowest BCUT2D eigenvalue weighted by Crippen LogP contribution is -2.35. The molecule has 2 unspecified atom stereocenters. The monoisotopic (exact) mass is 406 g/mol. The number of hydrogen-bond donors (Lipinski definition) is 1. The zero-order chi connectivity index (χ0) is 21.3. The number of hydrogen-bond acceptors (Lipinski definition) is 5. The van der Waals surface area contributed by atoms with Crippen molar-refractivity contribution < 1.29 is 42.1 Å². The molecule has 0 aromatic heterocycles. The van der Waals surface area contributed by atoms with Crippen molar-refractivity contribution in [1.82, 2.24) is 0 Å². The Hall–Kier alpha value is -1.87. The zero-order valence-corrected chi connectivity index (χ0v) is 16.3. The van der Waals surface area contributed by atoms with Crippen molar-refractivity contribution in [3.8, 4) is 0 Å². The highest BCUT2D eigenvalue weighted by Gasteiger charge is 2.52. The van der Waals surface area contributed by atoms with E-state index < -0.39 is 52.7 Å². The van der Waals surface area contributed by atoms with E-state index in [1.807, 2.05) is 0 Å². The Morgan fingerprint density at radius 1 is 1.07 bits per heavy atom. The molecule has 0 fully saturated rings. The van der Waals surface area contributed by atoms with Crippen LogP contribution in [-0.2, 0) is 23.8 Å². The van der Waals surface area contributed by atoms with Crippen LogP contribution < -0.4 is 0 Å². The molecule has 0 amide bonds. The molecule has 2 bridgehead atoms. The summed E-state index contributed by atoms with van der Waals surface area (Å²) in [5.41, 5.74) is -3.27. The van der Waals surface area contributed by atoms with E-state index in [-0.39, 0.29) is 19.4 Å². The van der Waals surface area contributed by atoms with Crippen molar-refractivity contribution in [3.63, 3.8) is 0 Å². The van der Waals surface area contributed by atoms with Crippen LogP contribution >= 0.6 is 0 Å². The first-order valence-electron chi connectivity index (χ1n) is 8.96. The van der Waals surface area contributed by atoms with Gasteiger partial charge in [0.1, 0.15) is 17.8 Å². The Morgan fingerprint density at radius 3 is 2.25 bits per heavy atom. The maximum Gasteiger partial charge on any atom is 0.416 e. The third kappa shape index (κ3) is 5.57. The number of carbonyl (C=O) groups is 2. The van der Waals surface area contributed by atoms with Crippen molar-refractivity contribution in [3.05, 3.63) is 23.3 Å². The molecule has 2 aliphatic rings. The topological polar surface area (TPSA) is 82.1 Å². The van der Waals surface area contributed by atoms with Gasteiger partial charge in [-0.2, -0.15) is 13.2 Å². The molecule has 2 rings (SSSR count). The van der Waals surface area contributed by atoms with E-state index in [1.54, 1.807) is 27.7 Å². The molecular formula is C19H25F3O6. The molecule has 0 aromatic rings. The van der Waals surface area contributed by atoms with Crippen LogP contribution in [0.2, 0.25) is 0 Å². The minimum absolute atomic E-state index is 0.0458. The zero-order valence-electron chi connectivity index (χ0n) is 16.3. The fraction of sp³-hybridized carbons (Fsp3) is 0.684. The average Bonchev–Trinajstić information content (AvgIpc) is 3.12. The number of rotatable bonds is 9. The van der Waals surface area contributed by atoms with E-state index in [2.05, 4.69) is 0 Å². The first-order chi connectivity index (χ1) is 12.7. The molecule has 0 spiro atoms. The lowest BCUT2D eigenvalue weighted by molar-refractivity contribution is -0.156. The number of esters is 1. The number of fused-ring (bicyclic) bond motifs is 2. The van der Waals surface area contributed by atoms with Gasteiger partial charge in [-0.1, -0.05) is 12.2 Å². The Balaban J connectivity index is 1.95. The van der Waals surface area contributed by atoms with Crippen molar-refractivity contribution >= 4 is 11.9 Å². The van der Waals surface area contributed by atoms with E-state index >= 15 is 0 Å². The third-order valence-electron chi connectivity index (χ3n) is 4.65. The van der Waals surface area contributed by atoms with Crippen molar-refractivity contribution in [2.75, 3.05) is 6.61 Å². The SMILES string of the molecule is CC(C)(CCC(=O)O)OCCC(C)(C)OC(=O)C1=C(C(F)(F)F)C2C=CC1O2. The molecule has 9 heteroatoms. The summed E-state index contributed by atoms with van der Waals surface area (Å²) in [5.74, 6) is -1.99. The third-order valence-corrected chi connectivity index (χ3v) is 4.65. The van der Waals surface area contributed by atoms with Gasteiger partial charge in [0, 0.05) is 12.8 Å². The molecule has 6 nitrogen and oxygen atoms in total. The largest absolute Gasteiger partial charge is 0.481 e. The van der Waals surface area contributed by atoms with Crippen LogP contribution in [-0.4, -0.2) is 53.2 Å². The number of halogens is 3. The molecule has 2 atom stereocenters. The first-order valence-corrected chi connectivity index (χ1v) is 8.96. The second-order valence-corrected chi connectivity index (χ2v) is 8.09. The number of ether oxygens (including phenoxy) is 3. The van der Waals surface area contributed by atoms with E-state index in [9.17, 15) is 22.8 Å². The van der Waals surface area contributed by atoms with Gasteiger partial charge in [-0.3, -0.25) is 4.79 Å². The lowest BCUT2D eigenvalue weighted by atomic mass is 9.96. The summed E-state index contributed by atoms with van der Waals surface area (Å²) in [4.78, 5) is 23.1. The summed E-state index contributed by atoms with van der Waals surface area (Å²) in [6, 6.07) is 0. The summed E-state index contributed by atoms with van der Waals surface area (Å²) in [6.45, 7) is 6.80. The van der Waals surface area contributed by atoms with Gasteiger partial charge in [0.05, 0.1) is 23.4 Å². The predicted molar refractivity (Wildman–Crippen MR) is 92.6 cm³/mol. The van der Waals surface area contributed by atoms with Crippen LogP contribution in [0, 0.1) is 0 Å². The van der Waals surface area contributed by atoms with Crippen molar-refractivity contribution in [2.24, 2.45) is 0 Å². The van der Waals surface area contributed by atoms with Gasteiger partial charge < -0.3 is 19.3 Å². The Bertz CT molecular complexity index is 690. The number of alkyl halides is 3. The van der Waals surface area contributed by atoms with Gasteiger partial charge in [-0.05, 0) is 34.1 Å². The summed E-state index contributed by atoms with van der Waals surface area (Å²) < 4.78 is 56.0. The highest BCUT2D eigenvalue weighted by molar-refractivity contribution is 5.93. The first kappa shape index (κ1) is 22.4. The van der Waals surface area contributed by atoms with E-state index in [0.29, 0.717) is 6.42 Å². The fourth-order valence-electron chi connectivity index (χ4n) is 3.04. The maximum atomic E-state index is 13.3. The van der Waals surface area contributed by atoms with Crippen LogP contribution in [0.5, 0.6) is 0 Å².